The molecular weight excluding hydrogens is 432 g/mol. The minimum absolute atomic E-state index is 0.119. The average molecular weight is 455 g/mol. The van der Waals surface area contributed by atoms with Crippen LogP contribution >= 0.6 is 23.4 Å². The Morgan fingerprint density at radius 3 is 2.55 bits per heavy atom. The third-order valence-corrected chi connectivity index (χ3v) is 6.93. The summed E-state index contributed by atoms with van der Waals surface area (Å²) in [6.45, 7) is 8.82. The first-order chi connectivity index (χ1) is 14.6. The largest absolute Gasteiger partial charge is 0.312 e. The van der Waals surface area contributed by atoms with E-state index in [9.17, 15) is 14.4 Å². The molecule has 0 atom stereocenters. The lowest BCUT2D eigenvalue weighted by molar-refractivity contribution is -0.120. The first kappa shape index (κ1) is 21.7. The molecule has 0 aromatic heterocycles. The summed E-state index contributed by atoms with van der Waals surface area (Å²) in [5, 5.41) is 2.47. The molecule has 0 unspecified atom stereocenters. The maximum absolute atomic E-state index is 12.7. The number of benzene rings is 2. The van der Waals surface area contributed by atoms with Gasteiger partial charge < -0.3 is 4.90 Å². The number of nitrogens with one attached hydrogen (secondary N) is 1. The Balaban J connectivity index is 1.85. The predicted octanol–water partition coefficient (Wildman–Crippen LogP) is 5.67. The first-order valence-corrected chi connectivity index (χ1v) is 11.3. The number of amides is 3. The standard InChI is InChI=1S/C24H23ClN2O3S/c1-5-27-19-11-15(13(2)8-17(19)24(3,4)12-21(27)28)16-9-14(6-7-18(16)25)10-20-22(29)26-23(30)31-20/h6-11H,5,12H2,1-4H3,(H,26,29,30)/b20-10+. The van der Waals surface area contributed by atoms with E-state index in [1.165, 1.54) is 0 Å². The molecule has 7 heteroatoms. The van der Waals surface area contributed by atoms with Crippen molar-refractivity contribution >= 4 is 52.2 Å². The Hall–Kier alpha value is -2.57. The number of carbonyl (C=O) groups is 3. The molecule has 0 aliphatic carbocycles. The predicted molar refractivity (Wildman–Crippen MR) is 126 cm³/mol. The summed E-state index contributed by atoms with van der Waals surface area (Å²) in [4.78, 5) is 38.3. The molecule has 160 valence electrons. The van der Waals surface area contributed by atoms with Crippen molar-refractivity contribution in [3.63, 3.8) is 0 Å². The van der Waals surface area contributed by atoms with Gasteiger partial charge in [-0.15, -0.1) is 0 Å². The van der Waals surface area contributed by atoms with E-state index in [-0.39, 0.29) is 16.6 Å². The minimum Gasteiger partial charge on any atom is -0.312 e. The second-order valence-corrected chi connectivity index (χ2v) is 9.90. The molecule has 0 bridgehead atoms. The zero-order valence-electron chi connectivity index (χ0n) is 17.8. The lowest BCUT2D eigenvalue weighted by Gasteiger charge is -2.39. The molecule has 5 nitrogen and oxygen atoms in total. The highest BCUT2D eigenvalue weighted by Crippen LogP contribution is 2.44. The Bertz CT molecular complexity index is 1170. The van der Waals surface area contributed by atoms with Crippen molar-refractivity contribution in [1.82, 2.24) is 5.32 Å². The van der Waals surface area contributed by atoms with Crippen LogP contribution in [0.5, 0.6) is 0 Å². The van der Waals surface area contributed by atoms with Crippen LogP contribution in [0, 0.1) is 6.92 Å². The van der Waals surface area contributed by atoms with Gasteiger partial charge in [-0.1, -0.05) is 37.6 Å². The van der Waals surface area contributed by atoms with Gasteiger partial charge in [-0.25, -0.2) is 0 Å². The smallest absolute Gasteiger partial charge is 0.290 e. The van der Waals surface area contributed by atoms with Crippen LogP contribution < -0.4 is 10.2 Å². The van der Waals surface area contributed by atoms with Crippen molar-refractivity contribution in [2.24, 2.45) is 0 Å². The van der Waals surface area contributed by atoms with Crippen LogP contribution in [0.3, 0.4) is 0 Å². The van der Waals surface area contributed by atoms with Crippen molar-refractivity contribution in [2.45, 2.75) is 39.5 Å². The van der Waals surface area contributed by atoms with Gasteiger partial charge in [-0.05, 0) is 72.1 Å². The lowest BCUT2D eigenvalue weighted by Crippen LogP contribution is -2.41. The second kappa shape index (κ2) is 7.84. The monoisotopic (exact) mass is 454 g/mol. The summed E-state index contributed by atoms with van der Waals surface area (Å²) in [5.74, 6) is -0.274. The number of hydrogen-bond acceptors (Lipinski definition) is 4. The van der Waals surface area contributed by atoms with Crippen molar-refractivity contribution in [1.29, 1.82) is 0 Å². The van der Waals surface area contributed by atoms with Gasteiger partial charge in [0.1, 0.15) is 0 Å². The molecule has 2 aliphatic rings. The van der Waals surface area contributed by atoms with Crippen LogP contribution in [0.4, 0.5) is 10.5 Å². The summed E-state index contributed by atoms with van der Waals surface area (Å²) >= 11 is 7.45. The van der Waals surface area contributed by atoms with E-state index in [1.807, 2.05) is 36.9 Å². The Kier molecular flexibility index (Phi) is 5.48. The van der Waals surface area contributed by atoms with Crippen LogP contribution in [0.1, 0.15) is 43.9 Å². The highest BCUT2D eigenvalue weighted by atomic mass is 35.5. The molecule has 2 aliphatic heterocycles. The molecule has 0 radical (unpaired) electrons. The Morgan fingerprint density at radius 2 is 1.90 bits per heavy atom. The zero-order valence-corrected chi connectivity index (χ0v) is 19.4. The van der Waals surface area contributed by atoms with E-state index >= 15 is 0 Å². The lowest BCUT2D eigenvalue weighted by atomic mass is 9.75. The van der Waals surface area contributed by atoms with Crippen molar-refractivity contribution in [3.8, 4) is 11.1 Å². The number of halogens is 1. The van der Waals surface area contributed by atoms with Crippen molar-refractivity contribution in [3.05, 3.63) is 56.9 Å². The normalized spacial score (nSPS) is 19.1. The molecule has 0 saturated carbocycles. The molecule has 2 aromatic carbocycles. The van der Waals surface area contributed by atoms with Crippen LogP contribution in [0.25, 0.3) is 17.2 Å². The molecule has 1 N–H and O–H groups in total. The number of aryl methyl sites for hydroxylation is 1. The number of nitrogens with zero attached hydrogens (tertiary/aromatic N) is 1. The molecule has 0 spiro atoms. The highest BCUT2D eigenvalue weighted by Gasteiger charge is 2.36. The van der Waals surface area contributed by atoms with E-state index < -0.39 is 5.91 Å². The molecule has 3 amide bonds. The van der Waals surface area contributed by atoms with Crippen LogP contribution in [-0.2, 0) is 15.0 Å². The summed E-state index contributed by atoms with van der Waals surface area (Å²) in [7, 11) is 0. The maximum atomic E-state index is 12.7. The van der Waals surface area contributed by atoms with E-state index in [2.05, 4.69) is 25.2 Å². The fourth-order valence-corrected chi connectivity index (χ4v) is 5.11. The van der Waals surface area contributed by atoms with Gasteiger partial charge in [0, 0.05) is 34.7 Å². The fourth-order valence-electron chi connectivity index (χ4n) is 4.21. The van der Waals surface area contributed by atoms with Gasteiger partial charge in [-0.3, -0.25) is 19.7 Å². The van der Waals surface area contributed by atoms with E-state index in [0.717, 1.165) is 45.3 Å². The van der Waals surface area contributed by atoms with Gasteiger partial charge in [0.05, 0.1) is 4.91 Å². The number of fused-ring (bicyclic) bond motifs is 1. The quantitative estimate of drug-likeness (QED) is 0.606. The molecule has 1 fully saturated rings. The number of anilines is 1. The van der Waals surface area contributed by atoms with Gasteiger partial charge in [0.25, 0.3) is 11.1 Å². The summed E-state index contributed by atoms with van der Waals surface area (Å²) in [6, 6.07) is 9.71. The van der Waals surface area contributed by atoms with Crippen molar-refractivity contribution < 1.29 is 14.4 Å². The van der Waals surface area contributed by atoms with Gasteiger partial charge in [0.2, 0.25) is 5.91 Å². The Labute approximate surface area is 190 Å². The average Bonchev–Trinajstić information content (AvgIpc) is 3.00. The van der Waals surface area contributed by atoms with Gasteiger partial charge in [0.15, 0.2) is 0 Å². The second-order valence-electron chi connectivity index (χ2n) is 8.47. The fraction of sp³-hybridized carbons (Fsp3) is 0.292. The van der Waals surface area contributed by atoms with E-state index in [4.69, 9.17) is 11.6 Å². The summed E-state index contributed by atoms with van der Waals surface area (Å²) in [6.07, 6.45) is 2.17. The zero-order chi connectivity index (χ0) is 22.5. The molecule has 2 aromatic rings. The number of hydrogen-bond donors (Lipinski definition) is 1. The van der Waals surface area contributed by atoms with E-state index in [1.54, 1.807) is 12.1 Å². The Morgan fingerprint density at radius 1 is 1.16 bits per heavy atom. The maximum Gasteiger partial charge on any atom is 0.290 e. The van der Waals surface area contributed by atoms with Crippen LogP contribution in [0.15, 0.2) is 35.2 Å². The van der Waals surface area contributed by atoms with Crippen LogP contribution in [0.2, 0.25) is 5.02 Å². The van der Waals surface area contributed by atoms with E-state index in [0.29, 0.717) is 22.9 Å². The van der Waals surface area contributed by atoms with Gasteiger partial charge in [-0.2, -0.15) is 0 Å². The molecule has 2 heterocycles. The number of thioether (sulfide) groups is 1. The molecule has 1 saturated heterocycles. The number of carbonyl (C=O) groups excluding carboxylic acids is 3. The van der Waals surface area contributed by atoms with Crippen molar-refractivity contribution in [2.75, 3.05) is 11.4 Å². The minimum atomic E-state index is -0.393. The highest BCUT2D eigenvalue weighted by molar-refractivity contribution is 8.18. The molecule has 4 rings (SSSR count). The topological polar surface area (TPSA) is 66.5 Å². The number of imide groups is 1. The molecule has 31 heavy (non-hydrogen) atoms. The third-order valence-electron chi connectivity index (χ3n) is 5.79. The number of rotatable bonds is 3. The SMILES string of the molecule is CCN1C(=O)CC(C)(C)c2cc(C)c(-c3cc(/C=C4/SC(=O)NC4=O)ccc3Cl)cc21. The van der Waals surface area contributed by atoms with Gasteiger partial charge >= 0.3 is 0 Å². The molecular formula is C24H23ClN2O3S. The summed E-state index contributed by atoms with van der Waals surface area (Å²) < 4.78 is 0. The van der Waals surface area contributed by atoms with Crippen LogP contribution in [-0.4, -0.2) is 23.6 Å². The third kappa shape index (κ3) is 3.90. The summed E-state index contributed by atoms with van der Waals surface area (Å²) in [5.41, 5.74) is 5.42. The first-order valence-electron chi connectivity index (χ1n) is 10.1.